The summed E-state index contributed by atoms with van der Waals surface area (Å²) in [6, 6.07) is 29.6. The van der Waals surface area contributed by atoms with Crippen LogP contribution in [0.5, 0.6) is 0 Å². The van der Waals surface area contributed by atoms with E-state index in [2.05, 4.69) is 4.98 Å². The number of hydrogen-bond acceptors (Lipinski definition) is 3. The van der Waals surface area contributed by atoms with Crippen molar-refractivity contribution in [3.8, 4) is 33.5 Å². The maximum absolute atomic E-state index is 12.8. The second-order valence-electron chi connectivity index (χ2n) is 7.40. The van der Waals surface area contributed by atoms with Gasteiger partial charge in [-0.15, -0.1) is 0 Å². The van der Waals surface area contributed by atoms with Gasteiger partial charge in [0, 0.05) is 22.9 Å². The Morgan fingerprint density at radius 2 is 1.42 bits per heavy atom. The molecule has 0 saturated carbocycles. The van der Waals surface area contributed by atoms with Crippen molar-refractivity contribution in [1.82, 2.24) is 9.97 Å². The van der Waals surface area contributed by atoms with Gasteiger partial charge in [-0.3, -0.25) is 4.79 Å². The number of nitrogens with one attached hydrogen (secondary N) is 1. The predicted molar refractivity (Wildman–Crippen MR) is 125 cm³/mol. The highest BCUT2D eigenvalue weighted by atomic mass is 16.3. The largest absolute Gasteiger partial charge is 0.392 e. The first-order valence-corrected chi connectivity index (χ1v) is 10.1. The molecule has 3 aromatic carbocycles. The van der Waals surface area contributed by atoms with Crippen molar-refractivity contribution in [2.45, 2.75) is 6.61 Å². The molecule has 2 aromatic heterocycles. The molecule has 0 amide bonds. The third-order valence-corrected chi connectivity index (χ3v) is 5.42. The summed E-state index contributed by atoms with van der Waals surface area (Å²) in [5, 5.41) is 10.1. The van der Waals surface area contributed by atoms with E-state index in [9.17, 15) is 9.90 Å². The van der Waals surface area contributed by atoms with Gasteiger partial charge in [0.1, 0.15) is 0 Å². The number of fused-ring (bicyclic) bond motifs is 1. The van der Waals surface area contributed by atoms with Crippen molar-refractivity contribution < 1.29 is 5.11 Å². The molecule has 5 aromatic rings. The first-order valence-electron chi connectivity index (χ1n) is 10.1. The van der Waals surface area contributed by atoms with E-state index in [-0.39, 0.29) is 12.2 Å². The third-order valence-electron chi connectivity index (χ3n) is 5.42. The summed E-state index contributed by atoms with van der Waals surface area (Å²) in [4.78, 5) is 20.7. The lowest BCUT2D eigenvalue weighted by molar-refractivity contribution is 0.282. The normalized spacial score (nSPS) is 11.0. The quantitative estimate of drug-likeness (QED) is 0.421. The van der Waals surface area contributed by atoms with E-state index in [0.717, 1.165) is 39.1 Å². The van der Waals surface area contributed by atoms with Crippen molar-refractivity contribution in [3.05, 3.63) is 113 Å². The summed E-state index contributed by atoms with van der Waals surface area (Å²) in [6.07, 6.45) is 1.70. The minimum absolute atomic E-state index is 0.0457. The molecule has 0 unspecified atom stereocenters. The van der Waals surface area contributed by atoms with Crippen molar-refractivity contribution in [1.29, 1.82) is 0 Å². The van der Waals surface area contributed by atoms with Gasteiger partial charge in [0.2, 0.25) is 0 Å². The first-order chi connectivity index (χ1) is 15.2. The zero-order chi connectivity index (χ0) is 21.2. The molecule has 150 valence electrons. The van der Waals surface area contributed by atoms with Gasteiger partial charge in [0.15, 0.2) is 0 Å². The summed E-state index contributed by atoms with van der Waals surface area (Å²) in [6.45, 7) is -0.0457. The van der Waals surface area contributed by atoms with Crippen LogP contribution >= 0.6 is 0 Å². The van der Waals surface area contributed by atoms with Crippen molar-refractivity contribution >= 4 is 10.9 Å². The lowest BCUT2D eigenvalue weighted by atomic mass is 9.96. The summed E-state index contributed by atoms with van der Waals surface area (Å²) in [5.41, 5.74) is 6.70. The van der Waals surface area contributed by atoms with Gasteiger partial charge < -0.3 is 10.1 Å². The Labute approximate surface area is 179 Å². The fourth-order valence-electron chi connectivity index (χ4n) is 3.89. The Hall–Kier alpha value is -4.02. The van der Waals surface area contributed by atoms with Crippen LogP contribution in [0.15, 0.2) is 102 Å². The van der Waals surface area contributed by atoms with E-state index in [0.29, 0.717) is 10.9 Å². The molecule has 31 heavy (non-hydrogen) atoms. The maximum atomic E-state index is 12.8. The van der Waals surface area contributed by atoms with Gasteiger partial charge in [-0.2, -0.15) is 0 Å². The standard InChI is InChI=1S/C27H20N2O2/c30-17-18-8-7-13-21(14-18)24-16-28-27(31)23-15-22(19-9-3-1-4-10-19)25(29-26(23)24)20-11-5-2-6-12-20/h1-16,30H,17H2,(H,28,31). The number of rotatable bonds is 4. The molecule has 0 fully saturated rings. The highest BCUT2D eigenvalue weighted by Gasteiger charge is 2.16. The minimum atomic E-state index is -0.179. The predicted octanol–water partition coefficient (Wildman–Crippen LogP) is 5.42. The number of aromatic amines is 1. The Balaban J connectivity index is 1.85. The molecular formula is C27H20N2O2. The number of aliphatic hydroxyl groups is 1. The molecule has 0 spiro atoms. The van der Waals surface area contributed by atoms with Gasteiger partial charge in [0.25, 0.3) is 5.56 Å². The van der Waals surface area contributed by atoms with Crippen LogP contribution in [-0.4, -0.2) is 15.1 Å². The Kier molecular flexibility index (Phi) is 4.90. The molecule has 4 heteroatoms. The fourth-order valence-corrected chi connectivity index (χ4v) is 3.89. The van der Waals surface area contributed by atoms with Crippen molar-refractivity contribution in [2.24, 2.45) is 0 Å². The zero-order valence-corrected chi connectivity index (χ0v) is 16.7. The smallest absolute Gasteiger partial charge is 0.257 e. The van der Waals surface area contributed by atoms with Crippen LogP contribution in [0, 0.1) is 0 Å². The molecular weight excluding hydrogens is 384 g/mol. The van der Waals surface area contributed by atoms with Crippen LogP contribution in [-0.2, 0) is 6.61 Å². The lowest BCUT2D eigenvalue weighted by Crippen LogP contribution is -2.08. The average Bonchev–Trinajstić information content (AvgIpc) is 2.85. The molecule has 0 aliphatic carbocycles. The van der Waals surface area contributed by atoms with Gasteiger partial charge >= 0.3 is 0 Å². The van der Waals surface area contributed by atoms with E-state index in [1.807, 2.05) is 91.0 Å². The number of hydrogen-bond donors (Lipinski definition) is 2. The van der Waals surface area contributed by atoms with Crippen LogP contribution < -0.4 is 5.56 Å². The molecule has 2 heterocycles. The highest BCUT2D eigenvalue weighted by molar-refractivity contribution is 5.98. The summed E-state index contributed by atoms with van der Waals surface area (Å²) in [7, 11) is 0. The number of H-pyrrole nitrogens is 1. The summed E-state index contributed by atoms with van der Waals surface area (Å²) in [5.74, 6) is 0. The summed E-state index contributed by atoms with van der Waals surface area (Å²) < 4.78 is 0. The number of benzene rings is 3. The molecule has 0 bridgehead atoms. The molecule has 0 aliphatic rings. The molecule has 0 atom stereocenters. The first kappa shape index (κ1) is 19.0. The molecule has 4 nitrogen and oxygen atoms in total. The van der Waals surface area contributed by atoms with Gasteiger partial charge in [-0.1, -0.05) is 78.9 Å². The number of nitrogens with zero attached hydrogens (tertiary/aromatic N) is 1. The minimum Gasteiger partial charge on any atom is -0.392 e. The zero-order valence-electron chi connectivity index (χ0n) is 16.7. The second-order valence-corrected chi connectivity index (χ2v) is 7.40. The van der Waals surface area contributed by atoms with Crippen LogP contribution in [0.25, 0.3) is 44.4 Å². The number of pyridine rings is 2. The molecule has 2 N–H and O–H groups in total. The number of aromatic nitrogens is 2. The van der Waals surface area contributed by atoms with E-state index >= 15 is 0 Å². The summed E-state index contributed by atoms with van der Waals surface area (Å²) >= 11 is 0. The van der Waals surface area contributed by atoms with E-state index in [1.54, 1.807) is 6.20 Å². The lowest BCUT2D eigenvalue weighted by Gasteiger charge is -2.14. The molecule has 5 rings (SSSR count). The highest BCUT2D eigenvalue weighted by Crippen LogP contribution is 2.35. The van der Waals surface area contributed by atoms with Gasteiger partial charge in [-0.05, 0) is 28.8 Å². The van der Waals surface area contributed by atoms with E-state index < -0.39 is 0 Å². The fraction of sp³-hybridized carbons (Fsp3) is 0.0370. The van der Waals surface area contributed by atoms with E-state index in [1.165, 1.54) is 0 Å². The van der Waals surface area contributed by atoms with E-state index in [4.69, 9.17) is 4.98 Å². The third kappa shape index (κ3) is 3.54. The van der Waals surface area contributed by atoms with Crippen LogP contribution in [0.2, 0.25) is 0 Å². The van der Waals surface area contributed by atoms with Gasteiger partial charge in [-0.25, -0.2) is 4.98 Å². The Morgan fingerprint density at radius 3 is 2.13 bits per heavy atom. The Morgan fingerprint density at radius 1 is 0.742 bits per heavy atom. The topological polar surface area (TPSA) is 66.0 Å². The second kappa shape index (κ2) is 8.01. The molecule has 0 radical (unpaired) electrons. The Bertz CT molecular complexity index is 1420. The SMILES string of the molecule is O=c1[nH]cc(-c2cccc(CO)c2)c2nc(-c3ccccc3)c(-c3ccccc3)cc12. The van der Waals surface area contributed by atoms with Crippen molar-refractivity contribution in [2.75, 3.05) is 0 Å². The maximum Gasteiger partial charge on any atom is 0.257 e. The number of aliphatic hydroxyl groups excluding tert-OH is 1. The monoisotopic (exact) mass is 404 g/mol. The van der Waals surface area contributed by atoms with Crippen LogP contribution in [0.4, 0.5) is 0 Å². The van der Waals surface area contributed by atoms with Gasteiger partial charge in [0.05, 0.1) is 23.2 Å². The average molecular weight is 404 g/mol. The van der Waals surface area contributed by atoms with Crippen LogP contribution in [0.3, 0.4) is 0 Å². The van der Waals surface area contributed by atoms with Crippen molar-refractivity contribution in [3.63, 3.8) is 0 Å². The molecule has 0 aliphatic heterocycles. The molecule has 0 saturated heterocycles. The van der Waals surface area contributed by atoms with Crippen LogP contribution in [0.1, 0.15) is 5.56 Å².